The summed E-state index contributed by atoms with van der Waals surface area (Å²) in [4.78, 5) is 23.2. The zero-order valence-corrected chi connectivity index (χ0v) is 10.3. The molecule has 0 aromatic rings. The van der Waals surface area contributed by atoms with Gasteiger partial charge in [-0.2, -0.15) is 0 Å². The fourth-order valence-corrected chi connectivity index (χ4v) is 2.18. The molecule has 0 spiro atoms. The van der Waals surface area contributed by atoms with Gasteiger partial charge >= 0.3 is 5.97 Å². The smallest absolute Gasteiger partial charge is 0.328 e. The highest BCUT2D eigenvalue weighted by Gasteiger charge is 2.31. The fraction of sp³-hybridized carbons (Fsp3) is 0.833. The van der Waals surface area contributed by atoms with Crippen LogP contribution < -0.4 is 5.32 Å². The molecule has 16 heavy (non-hydrogen) atoms. The van der Waals surface area contributed by atoms with Crippen molar-refractivity contribution in [3.63, 3.8) is 0 Å². The van der Waals surface area contributed by atoms with Gasteiger partial charge < -0.3 is 10.1 Å². The molecule has 3 unspecified atom stereocenters. The Labute approximate surface area is 96.7 Å². The second-order valence-corrected chi connectivity index (χ2v) is 4.50. The molecular weight excluding hydrogens is 206 g/mol. The maximum atomic E-state index is 11.9. The highest BCUT2D eigenvalue weighted by atomic mass is 16.5. The zero-order chi connectivity index (χ0) is 12.1. The van der Waals surface area contributed by atoms with Gasteiger partial charge in [0.05, 0.1) is 6.61 Å². The van der Waals surface area contributed by atoms with E-state index in [9.17, 15) is 9.59 Å². The van der Waals surface area contributed by atoms with Crippen LogP contribution in [0.15, 0.2) is 0 Å². The Hall–Kier alpha value is -1.06. The first-order valence-electron chi connectivity index (χ1n) is 6.03. The summed E-state index contributed by atoms with van der Waals surface area (Å²) in [6, 6.07) is -0.541. The van der Waals surface area contributed by atoms with Crippen LogP contribution in [0, 0.1) is 11.8 Å². The lowest BCUT2D eigenvalue weighted by Gasteiger charge is -2.18. The highest BCUT2D eigenvalue weighted by molar-refractivity contribution is 5.85. The van der Waals surface area contributed by atoms with Gasteiger partial charge in [-0.05, 0) is 32.6 Å². The Morgan fingerprint density at radius 1 is 1.44 bits per heavy atom. The lowest BCUT2D eigenvalue weighted by atomic mass is 9.97. The van der Waals surface area contributed by atoms with Gasteiger partial charge in [0.15, 0.2) is 0 Å². The van der Waals surface area contributed by atoms with Gasteiger partial charge in [-0.25, -0.2) is 4.79 Å². The van der Waals surface area contributed by atoms with Crippen LogP contribution in [0.25, 0.3) is 0 Å². The third-order valence-corrected chi connectivity index (χ3v) is 3.20. The average Bonchev–Trinajstić information content (AvgIpc) is 2.64. The van der Waals surface area contributed by atoms with Crippen molar-refractivity contribution in [2.24, 2.45) is 11.8 Å². The van der Waals surface area contributed by atoms with Gasteiger partial charge in [0.25, 0.3) is 0 Å². The van der Waals surface area contributed by atoms with Crippen LogP contribution in [0.1, 0.15) is 40.0 Å². The molecule has 1 N–H and O–H groups in total. The Morgan fingerprint density at radius 3 is 2.62 bits per heavy atom. The molecule has 1 aliphatic carbocycles. The molecule has 92 valence electrons. The lowest BCUT2D eigenvalue weighted by Crippen LogP contribution is -2.43. The molecule has 0 radical (unpaired) electrons. The largest absolute Gasteiger partial charge is 0.464 e. The molecule has 0 aliphatic heterocycles. The van der Waals surface area contributed by atoms with Crippen molar-refractivity contribution in [2.75, 3.05) is 6.61 Å². The van der Waals surface area contributed by atoms with Gasteiger partial charge in [0.1, 0.15) is 6.04 Å². The molecule has 1 amide bonds. The van der Waals surface area contributed by atoms with E-state index in [1.54, 1.807) is 13.8 Å². The SMILES string of the molecule is CCOC(=O)C(C)NC(=O)C1CCCC1C. The summed E-state index contributed by atoms with van der Waals surface area (Å²) in [5, 5.41) is 2.72. The van der Waals surface area contributed by atoms with Crippen molar-refractivity contribution >= 4 is 11.9 Å². The number of ether oxygens (including phenoxy) is 1. The van der Waals surface area contributed by atoms with Crippen molar-refractivity contribution in [1.82, 2.24) is 5.32 Å². The molecule has 1 saturated carbocycles. The monoisotopic (exact) mass is 227 g/mol. The second-order valence-electron chi connectivity index (χ2n) is 4.50. The minimum absolute atomic E-state index is 0.00875. The number of carbonyl (C=O) groups excluding carboxylic acids is 2. The summed E-state index contributed by atoms with van der Waals surface area (Å²) in [5.74, 6) is 0.123. The fourth-order valence-electron chi connectivity index (χ4n) is 2.18. The molecule has 0 aromatic heterocycles. The van der Waals surface area contributed by atoms with Crippen LogP contribution in [0.2, 0.25) is 0 Å². The van der Waals surface area contributed by atoms with Crippen molar-refractivity contribution in [2.45, 2.75) is 46.1 Å². The Kier molecular flexibility index (Phi) is 4.77. The summed E-state index contributed by atoms with van der Waals surface area (Å²) in [6.45, 7) is 5.85. The van der Waals surface area contributed by atoms with Crippen LogP contribution in [0.4, 0.5) is 0 Å². The van der Waals surface area contributed by atoms with Crippen LogP contribution in [-0.4, -0.2) is 24.5 Å². The van der Waals surface area contributed by atoms with E-state index in [0.29, 0.717) is 12.5 Å². The molecule has 4 nitrogen and oxygen atoms in total. The Morgan fingerprint density at radius 2 is 2.12 bits per heavy atom. The minimum Gasteiger partial charge on any atom is -0.464 e. The molecule has 0 heterocycles. The van der Waals surface area contributed by atoms with Gasteiger partial charge in [0.2, 0.25) is 5.91 Å². The third kappa shape index (κ3) is 3.22. The van der Waals surface area contributed by atoms with Gasteiger partial charge in [-0.3, -0.25) is 4.79 Å². The molecule has 0 aromatic carbocycles. The van der Waals surface area contributed by atoms with Crippen LogP contribution in [0.3, 0.4) is 0 Å². The van der Waals surface area contributed by atoms with E-state index in [-0.39, 0.29) is 17.8 Å². The topological polar surface area (TPSA) is 55.4 Å². The number of rotatable bonds is 4. The van der Waals surface area contributed by atoms with Gasteiger partial charge in [-0.1, -0.05) is 13.3 Å². The van der Waals surface area contributed by atoms with Crippen molar-refractivity contribution in [1.29, 1.82) is 0 Å². The number of amides is 1. The first-order chi connectivity index (χ1) is 7.56. The third-order valence-electron chi connectivity index (χ3n) is 3.20. The van der Waals surface area contributed by atoms with E-state index in [4.69, 9.17) is 4.74 Å². The lowest BCUT2D eigenvalue weighted by molar-refractivity contribution is -0.147. The number of hydrogen-bond acceptors (Lipinski definition) is 3. The van der Waals surface area contributed by atoms with Crippen molar-refractivity contribution < 1.29 is 14.3 Å². The molecule has 0 saturated heterocycles. The molecule has 3 atom stereocenters. The van der Waals surface area contributed by atoms with E-state index in [1.807, 2.05) is 0 Å². The standard InChI is InChI=1S/C12H21NO3/c1-4-16-12(15)9(3)13-11(14)10-7-5-6-8(10)2/h8-10H,4-7H2,1-3H3,(H,13,14). The normalized spacial score (nSPS) is 26.2. The van der Waals surface area contributed by atoms with Crippen molar-refractivity contribution in [3.8, 4) is 0 Å². The summed E-state index contributed by atoms with van der Waals surface area (Å²) >= 11 is 0. The summed E-state index contributed by atoms with van der Waals surface area (Å²) in [7, 11) is 0. The maximum absolute atomic E-state index is 11.9. The molecule has 1 aliphatic rings. The second kappa shape index (κ2) is 5.87. The first-order valence-corrected chi connectivity index (χ1v) is 6.03. The van der Waals surface area contributed by atoms with E-state index < -0.39 is 6.04 Å². The van der Waals surface area contributed by atoms with Crippen LogP contribution >= 0.6 is 0 Å². The summed E-state index contributed by atoms with van der Waals surface area (Å²) in [5.41, 5.74) is 0. The number of hydrogen-bond donors (Lipinski definition) is 1. The molecule has 4 heteroatoms. The van der Waals surface area contributed by atoms with E-state index >= 15 is 0 Å². The summed E-state index contributed by atoms with van der Waals surface area (Å²) < 4.78 is 4.84. The molecular formula is C12H21NO3. The quantitative estimate of drug-likeness (QED) is 0.740. The zero-order valence-electron chi connectivity index (χ0n) is 10.3. The number of carbonyl (C=O) groups is 2. The Bertz CT molecular complexity index is 265. The first kappa shape index (κ1) is 13.0. The number of esters is 1. The predicted molar refractivity (Wildman–Crippen MR) is 60.7 cm³/mol. The molecule has 1 rings (SSSR count). The van der Waals surface area contributed by atoms with E-state index in [1.165, 1.54) is 0 Å². The van der Waals surface area contributed by atoms with Gasteiger partial charge in [0, 0.05) is 5.92 Å². The maximum Gasteiger partial charge on any atom is 0.328 e. The average molecular weight is 227 g/mol. The van der Waals surface area contributed by atoms with E-state index in [0.717, 1.165) is 19.3 Å². The highest BCUT2D eigenvalue weighted by Crippen LogP contribution is 2.31. The molecule has 0 bridgehead atoms. The van der Waals surface area contributed by atoms with Gasteiger partial charge in [-0.15, -0.1) is 0 Å². The van der Waals surface area contributed by atoms with Crippen molar-refractivity contribution in [3.05, 3.63) is 0 Å². The molecule has 1 fully saturated rings. The van der Waals surface area contributed by atoms with Crippen LogP contribution in [-0.2, 0) is 14.3 Å². The van der Waals surface area contributed by atoms with E-state index in [2.05, 4.69) is 12.2 Å². The Balaban J connectivity index is 2.41. The number of nitrogens with one attached hydrogen (secondary N) is 1. The van der Waals surface area contributed by atoms with Crippen LogP contribution in [0.5, 0.6) is 0 Å². The summed E-state index contributed by atoms with van der Waals surface area (Å²) in [6.07, 6.45) is 3.14. The minimum atomic E-state index is -0.541. The predicted octanol–water partition coefficient (Wildman–Crippen LogP) is 1.49.